The highest BCUT2D eigenvalue weighted by Gasteiger charge is 2.36. The Labute approximate surface area is 178 Å². The van der Waals surface area contributed by atoms with Crippen molar-refractivity contribution >= 4 is 8.32 Å². The highest BCUT2D eigenvalue weighted by atomic mass is 28.4. The predicted molar refractivity (Wildman–Crippen MR) is 131 cm³/mol. The van der Waals surface area contributed by atoms with E-state index in [1.54, 1.807) is 0 Å². The summed E-state index contributed by atoms with van der Waals surface area (Å²) in [5, 5.41) is 0.297. The van der Waals surface area contributed by atoms with E-state index in [-0.39, 0.29) is 0 Å². The molecule has 0 N–H and O–H groups in total. The lowest BCUT2D eigenvalue weighted by atomic mass is 10.1. The van der Waals surface area contributed by atoms with Gasteiger partial charge in [0.1, 0.15) is 0 Å². The summed E-state index contributed by atoms with van der Waals surface area (Å²) in [5.41, 5.74) is 3.29. The second-order valence-electron chi connectivity index (χ2n) is 9.65. The molecular weight excluding hydrogens is 356 g/mol. The Morgan fingerprint density at radius 1 is 0.750 bits per heavy atom. The van der Waals surface area contributed by atoms with Crippen molar-refractivity contribution in [2.75, 3.05) is 6.61 Å². The second-order valence-corrected chi connectivity index (χ2v) is 14.5. The predicted octanol–water partition coefficient (Wildman–Crippen LogP) is 9.37. The molecule has 0 aliphatic heterocycles. The summed E-state index contributed by atoms with van der Waals surface area (Å²) in [6.07, 6.45) is 26.2. The van der Waals surface area contributed by atoms with Crippen molar-refractivity contribution in [2.45, 2.75) is 129 Å². The molecule has 0 aliphatic carbocycles. The summed E-state index contributed by atoms with van der Waals surface area (Å²) in [7, 11) is -1.59. The zero-order chi connectivity index (χ0) is 21.1. The third-order valence-corrected chi connectivity index (χ3v) is 10.5. The SMILES string of the molecule is CCCCCCCCCCCC/C=C\CC=C=CCCO[Si](C)(C)C(C)(C)C. The molecule has 0 unspecified atom stereocenters. The Balaban J connectivity index is 3.51. The molecule has 0 fully saturated rings. The lowest BCUT2D eigenvalue weighted by Crippen LogP contribution is -2.40. The molecule has 0 aromatic heterocycles. The molecule has 0 heterocycles. The van der Waals surface area contributed by atoms with Crippen LogP contribution in [0.5, 0.6) is 0 Å². The summed E-state index contributed by atoms with van der Waals surface area (Å²) in [6.45, 7) is 14.6. The standard InChI is InChI=1S/C26H50OSi/c1-7-8-9-10-11-12-13-14-15-16-17-18-19-20-21-22-23-24-25-27-28(5,6)26(2,3)4/h18-19,21,23H,7-17,20,24-25H2,1-6H3/b19-18-. The average molecular weight is 407 g/mol. The van der Waals surface area contributed by atoms with E-state index in [0.717, 1.165) is 19.4 Å². The van der Waals surface area contributed by atoms with Crippen LogP contribution in [0.2, 0.25) is 18.1 Å². The van der Waals surface area contributed by atoms with Gasteiger partial charge in [-0.1, -0.05) is 97.6 Å². The maximum Gasteiger partial charge on any atom is 0.191 e. The molecule has 0 amide bonds. The summed E-state index contributed by atoms with van der Waals surface area (Å²) < 4.78 is 6.16. The third kappa shape index (κ3) is 16.4. The van der Waals surface area contributed by atoms with Crippen molar-refractivity contribution in [3.8, 4) is 0 Å². The fourth-order valence-electron chi connectivity index (χ4n) is 2.86. The number of hydrogen-bond acceptors (Lipinski definition) is 1. The van der Waals surface area contributed by atoms with Crippen LogP contribution in [0.15, 0.2) is 30.0 Å². The highest BCUT2D eigenvalue weighted by molar-refractivity contribution is 6.74. The molecule has 0 radical (unpaired) electrons. The Morgan fingerprint density at radius 2 is 1.32 bits per heavy atom. The van der Waals surface area contributed by atoms with Gasteiger partial charge in [-0.3, -0.25) is 0 Å². The van der Waals surface area contributed by atoms with Crippen LogP contribution < -0.4 is 0 Å². The van der Waals surface area contributed by atoms with Gasteiger partial charge in [0.15, 0.2) is 8.32 Å². The van der Waals surface area contributed by atoms with Crippen LogP contribution >= 0.6 is 0 Å². The minimum atomic E-state index is -1.59. The molecule has 28 heavy (non-hydrogen) atoms. The first kappa shape index (κ1) is 27.4. The zero-order valence-electron chi connectivity index (χ0n) is 20.1. The summed E-state index contributed by atoms with van der Waals surface area (Å²) in [4.78, 5) is 0. The van der Waals surface area contributed by atoms with E-state index < -0.39 is 8.32 Å². The number of hydrogen-bond donors (Lipinski definition) is 0. The first-order chi connectivity index (χ1) is 13.3. The fourth-order valence-corrected chi connectivity index (χ4v) is 3.92. The van der Waals surface area contributed by atoms with Gasteiger partial charge < -0.3 is 4.43 Å². The van der Waals surface area contributed by atoms with Crippen molar-refractivity contribution in [2.24, 2.45) is 0 Å². The van der Waals surface area contributed by atoms with E-state index >= 15 is 0 Å². The topological polar surface area (TPSA) is 9.23 Å². The number of rotatable bonds is 17. The van der Waals surface area contributed by atoms with Crippen molar-refractivity contribution in [3.05, 3.63) is 30.0 Å². The van der Waals surface area contributed by atoms with Crippen LogP contribution in [0, 0.1) is 0 Å². The first-order valence-corrected chi connectivity index (χ1v) is 14.9. The molecule has 0 atom stereocenters. The number of allylic oxidation sites excluding steroid dienone is 2. The molecule has 0 aromatic rings. The quantitative estimate of drug-likeness (QED) is 0.101. The molecular formula is C26H50OSi. The van der Waals surface area contributed by atoms with Gasteiger partial charge in [0.05, 0.1) is 0 Å². The average Bonchev–Trinajstić information content (AvgIpc) is 2.62. The Hall–Kier alpha value is -0.563. The van der Waals surface area contributed by atoms with E-state index in [1.165, 1.54) is 70.6 Å². The van der Waals surface area contributed by atoms with Crippen LogP contribution in [0.1, 0.15) is 111 Å². The molecule has 1 nitrogen and oxygen atoms in total. The van der Waals surface area contributed by atoms with Crippen LogP contribution in [0.25, 0.3) is 0 Å². The fraction of sp³-hybridized carbons (Fsp3) is 0.808. The summed E-state index contributed by atoms with van der Waals surface area (Å²) >= 11 is 0. The maximum atomic E-state index is 6.16. The molecule has 0 aliphatic rings. The van der Waals surface area contributed by atoms with E-state index in [0.29, 0.717) is 5.04 Å². The van der Waals surface area contributed by atoms with Gasteiger partial charge in [-0.15, -0.1) is 5.73 Å². The van der Waals surface area contributed by atoms with Gasteiger partial charge in [-0.25, -0.2) is 0 Å². The Bertz CT molecular complexity index is 436. The van der Waals surface area contributed by atoms with E-state index in [1.807, 2.05) is 0 Å². The summed E-state index contributed by atoms with van der Waals surface area (Å²) in [5.74, 6) is 0. The largest absolute Gasteiger partial charge is 0.416 e. The van der Waals surface area contributed by atoms with Gasteiger partial charge in [-0.2, -0.15) is 0 Å². The maximum absolute atomic E-state index is 6.16. The highest BCUT2D eigenvalue weighted by Crippen LogP contribution is 2.36. The van der Waals surface area contributed by atoms with Crippen molar-refractivity contribution in [3.63, 3.8) is 0 Å². The third-order valence-electron chi connectivity index (χ3n) is 5.91. The van der Waals surface area contributed by atoms with Crippen molar-refractivity contribution < 1.29 is 4.43 Å². The molecule has 0 rings (SSSR count). The summed E-state index contributed by atoms with van der Waals surface area (Å²) in [6, 6.07) is 0. The zero-order valence-corrected chi connectivity index (χ0v) is 21.1. The van der Waals surface area contributed by atoms with Crippen LogP contribution in [-0.2, 0) is 4.43 Å². The van der Waals surface area contributed by atoms with Crippen LogP contribution in [-0.4, -0.2) is 14.9 Å². The smallest absolute Gasteiger partial charge is 0.191 e. The Morgan fingerprint density at radius 3 is 1.89 bits per heavy atom. The minimum Gasteiger partial charge on any atom is -0.416 e. The lowest BCUT2D eigenvalue weighted by Gasteiger charge is -2.36. The second kappa shape index (κ2) is 17.3. The lowest BCUT2D eigenvalue weighted by molar-refractivity contribution is 0.294. The van der Waals surface area contributed by atoms with Crippen LogP contribution in [0.3, 0.4) is 0 Å². The van der Waals surface area contributed by atoms with Crippen LogP contribution in [0.4, 0.5) is 0 Å². The molecule has 0 bridgehead atoms. The minimum absolute atomic E-state index is 0.297. The van der Waals surface area contributed by atoms with Gasteiger partial charge in [-0.05, 0) is 56.0 Å². The molecule has 0 saturated carbocycles. The molecule has 0 saturated heterocycles. The van der Waals surface area contributed by atoms with Gasteiger partial charge in [0.2, 0.25) is 0 Å². The molecule has 2 heteroatoms. The van der Waals surface area contributed by atoms with E-state index in [4.69, 9.17) is 4.43 Å². The molecule has 164 valence electrons. The molecule has 0 aromatic carbocycles. The monoisotopic (exact) mass is 406 g/mol. The van der Waals surface area contributed by atoms with E-state index in [2.05, 4.69) is 70.8 Å². The van der Waals surface area contributed by atoms with Gasteiger partial charge >= 0.3 is 0 Å². The van der Waals surface area contributed by atoms with Crippen molar-refractivity contribution in [1.29, 1.82) is 0 Å². The van der Waals surface area contributed by atoms with Gasteiger partial charge in [0, 0.05) is 6.61 Å². The normalized spacial score (nSPS) is 12.4. The molecule has 0 spiro atoms. The van der Waals surface area contributed by atoms with Crippen molar-refractivity contribution in [1.82, 2.24) is 0 Å². The van der Waals surface area contributed by atoms with Gasteiger partial charge in [0.25, 0.3) is 0 Å². The van der Waals surface area contributed by atoms with E-state index in [9.17, 15) is 0 Å². The Kier molecular flexibility index (Phi) is 17.0. The number of unbranched alkanes of at least 4 members (excludes halogenated alkanes) is 10. The first-order valence-electron chi connectivity index (χ1n) is 12.0.